The zero-order valence-corrected chi connectivity index (χ0v) is 12.4. The first-order valence-electron chi connectivity index (χ1n) is 7.53. The van der Waals surface area contributed by atoms with E-state index in [9.17, 15) is 4.79 Å². The van der Waals surface area contributed by atoms with Crippen LogP contribution in [0.5, 0.6) is 0 Å². The molecule has 0 saturated carbocycles. The predicted molar refractivity (Wildman–Crippen MR) is 81.2 cm³/mol. The Kier molecular flexibility index (Phi) is 3.96. The van der Waals surface area contributed by atoms with Gasteiger partial charge in [0, 0.05) is 32.8 Å². The summed E-state index contributed by atoms with van der Waals surface area (Å²) in [6.07, 6.45) is 1.64. The minimum Gasteiger partial charge on any atom is -0.397 e. The predicted octanol–water partition coefficient (Wildman–Crippen LogP) is 0.800. The molecule has 6 nitrogen and oxygen atoms in total. The Balaban J connectivity index is 1.59. The van der Waals surface area contributed by atoms with Gasteiger partial charge < -0.3 is 20.3 Å². The van der Waals surface area contributed by atoms with Crippen LogP contribution in [0.15, 0.2) is 12.1 Å². The van der Waals surface area contributed by atoms with Crippen LogP contribution in [0.1, 0.15) is 18.5 Å². The zero-order chi connectivity index (χ0) is 14.8. The Morgan fingerprint density at radius 1 is 1.33 bits per heavy atom. The summed E-state index contributed by atoms with van der Waals surface area (Å²) in [5, 5.41) is 0. The number of anilines is 2. The molecule has 114 valence electrons. The average Bonchev–Trinajstić information content (AvgIpc) is 3.04. The molecule has 0 aliphatic carbocycles. The number of piperazine rings is 1. The number of amides is 1. The summed E-state index contributed by atoms with van der Waals surface area (Å²) in [5.74, 6) is 1.08. The normalized spacial score (nSPS) is 22.6. The zero-order valence-electron chi connectivity index (χ0n) is 12.4. The van der Waals surface area contributed by atoms with Gasteiger partial charge in [0.2, 0.25) is 0 Å². The standard InChI is InChI=1S/C15H22N4O2/c1-11-12(16)4-5-14(17-11)18-6-8-19(9-7-18)15(20)13-3-2-10-21-13/h4-5,13H,2-3,6-10,16H2,1H3. The molecule has 1 amide bonds. The summed E-state index contributed by atoms with van der Waals surface area (Å²) in [6, 6.07) is 3.83. The van der Waals surface area contributed by atoms with E-state index in [2.05, 4.69) is 9.88 Å². The van der Waals surface area contributed by atoms with Crippen molar-refractivity contribution < 1.29 is 9.53 Å². The van der Waals surface area contributed by atoms with Crippen LogP contribution in [-0.2, 0) is 9.53 Å². The molecule has 1 aromatic heterocycles. The molecule has 1 atom stereocenters. The van der Waals surface area contributed by atoms with Crippen LogP contribution in [0, 0.1) is 6.92 Å². The Labute approximate surface area is 124 Å². The fourth-order valence-electron chi connectivity index (χ4n) is 2.87. The van der Waals surface area contributed by atoms with E-state index in [1.165, 1.54) is 0 Å². The maximum Gasteiger partial charge on any atom is 0.251 e. The second-order valence-electron chi connectivity index (χ2n) is 5.66. The van der Waals surface area contributed by atoms with Gasteiger partial charge in [-0.2, -0.15) is 0 Å². The summed E-state index contributed by atoms with van der Waals surface area (Å²) < 4.78 is 5.48. The van der Waals surface area contributed by atoms with Gasteiger partial charge >= 0.3 is 0 Å². The number of hydrogen-bond donors (Lipinski definition) is 1. The van der Waals surface area contributed by atoms with Crippen LogP contribution in [0.3, 0.4) is 0 Å². The summed E-state index contributed by atoms with van der Waals surface area (Å²) in [5.41, 5.74) is 7.37. The van der Waals surface area contributed by atoms with Crippen molar-refractivity contribution in [3.8, 4) is 0 Å². The molecule has 0 spiro atoms. The highest BCUT2D eigenvalue weighted by Gasteiger charge is 2.30. The summed E-state index contributed by atoms with van der Waals surface area (Å²) in [6.45, 7) is 5.68. The molecule has 2 aliphatic rings. The second-order valence-corrected chi connectivity index (χ2v) is 5.66. The van der Waals surface area contributed by atoms with Gasteiger partial charge in [-0.3, -0.25) is 4.79 Å². The smallest absolute Gasteiger partial charge is 0.251 e. The number of rotatable bonds is 2. The lowest BCUT2D eigenvalue weighted by molar-refractivity contribution is -0.141. The first kappa shape index (κ1) is 14.1. The van der Waals surface area contributed by atoms with Crippen LogP contribution in [0.4, 0.5) is 11.5 Å². The van der Waals surface area contributed by atoms with Gasteiger partial charge in [-0.1, -0.05) is 0 Å². The molecule has 3 heterocycles. The molecule has 6 heteroatoms. The highest BCUT2D eigenvalue weighted by atomic mass is 16.5. The van der Waals surface area contributed by atoms with E-state index in [0.29, 0.717) is 12.3 Å². The minimum atomic E-state index is -0.214. The monoisotopic (exact) mass is 290 g/mol. The number of nitrogens with two attached hydrogens (primary N) is 1. The number of aryl methyl sites for hydroxylation is 1. The average molecular weight is 290 g/mol. The number of ether oxygens (including phenoxy) is 1. The number of aromatic nitrogens is 1. The maximum atomic E-state index is 12.3. The highest BCUT2D eigenvalue weighted by molar-refractivity contribution is 5.81. The summed E-state index contributed by atoms with van der Waals surface area (Å²) in [4.78, 5) is 20.9. The molecular weight excluding hydrogens is 268 g/mol. The van der Waals surface area contributed by atoms with Crippen molar-refractivity contribution in [2.24, 2.45) is 0 Å². The summed E-state index contributed by atoms with van der Waals surface area (Å²) in [7, 11) is 0. The van der Waals surface area contributed by atoms with E-state index in [1.54, 1.807) is 0 Å². The molecule has 0 aromatic carbocycles. The van der Waals surface area contributed by atoms with Gasteiger partial charge in [0.05, 0.1) is 11.4 Å². The summed E-state index contributed by atoms with van der Waals surface area (Å²) >= 11 is 0. The fraction of sp³-hybridized carbons (Fsp3) is 0.600. The van der Waals surface area contributed by atoms with E-state index in [4.69, 9.17) is 10.5 Å². The third-order valence-electron chi connectivity index (χ3n) is 4.23. The molecule has 0 radical (unpaired) electrons. The van der Waals surface area contributed by atoms with Crippen LogP contribution in [-0.4, -0.2) is 54.7 Å². The van der Waals surface area contributed by atoms with Crippen LogP contribution < -0.4 is 10.6 Å². The van der Waals surface area contributed by atoms with E-state index >= 15 is 0 Å². The first-order valence-corrected chi connectivity index (χ1v) is 7.53. The molecule has 0 bridgehead atoms. The molecule has 1 aromatic rings. The highest BCUT2D eigenvalue weighted by Crippen LogP contribution is 2.20. The van der Waals surface area contributed by atoms with Gasteiger partial charge in [0.1, 0.15) is 11.9 Å². The van der Waals surface area contributed by atoms with Crippen molar-refractivity contribution in [1.82, 2.24) is 9.88 Å². The second kappa shape index (κ2) is 5.89. The van der Waals surface area contributed by atoms with Gasteiger partial charge in [0.15, 0.2) is 0 Å². The molecule has 21 heavy (non-hydrogen) atoms. The van der Waals surface area contributed by atoms with Crippen LogP contribution in [0.2, 0.25) is 0 Å². The van der Waals surface area contributed by atoms with Crippen molar-refractivity contribution in [3.05, 3.63) is 17.8 Å². The van der Waals surface area contributed by atoms with Crippen LogP contribution >= 0.6 is 0 Å². The Morgan fingerprint density at radius 2 is 2.10 bits per heavy atom. The van der Waals surface area contributed by atoms with Crippen molar-refractivity contribution in [1.29, 1.82) is 0 Å². The number of carbonyl (C=O) groups is 1. The van der Waals surface area contributed by atoms with E-state index in [1.807, 2.05) is 24.0 Å². The van der Waals surface area contributed by atoms with Crippen molar-refractivity contribution >= 4 is 17.4 Å². The fourth-order valence-corrected chi connectivity index (χ4v) is 2.87. The molecule has 2 fully saturated rings. The van der Waals surface area contributed by atoms with Gasteiger partial charge in [0.25, 0.3) is 5.91 Å². The quantitative estimate of drug-likeness (QED) is 0.872. The Morgan fingerprint density at radius 3 is 2.71 bits per heavy atom. The number of carbonyl (C=O) groups excluding carboxylic acids is 1. The molecule has 2 N–H and O–H groups in total. The third-order valence-corrected chi connectivity index (χ3v) is 4.23. The lowest BCUT2D eigenvalue weighted by Gasteiger charge is -2.36. The van der Waals surface area contributed by atoms with Gasteiger partial charge in [-0.15, -0.1) is 0 Å². The molecule has 1 unspecified atom stereocenters. The van der Waals surface area contributed by atoms with Crippen molar-refractivity contribution in [2.75, 3.05) is 43.4 Å². The number of hydrogen-bond acceptors (Lipinski definition) is 5. The lowest BCUT2D eigenvalue weighted by atomic mass is 10.2. The topological polar surface area (TPSA) is 71.7 Å². The Bertz CT molecular complexity index is 520. The molecular formula is C15H22N4O2. The SMILES string of the molecule is Cc1nc(N2CCN(C(=O)C3CCCO3)CC2)ccc1N. The molecule has 2 saturated heterocycles. The molecule has 2 aliphatic heterocycles. The number of nitrogens with zero attached hydrogens (tertiary/aromatic N) is 3. The van der Waals surface area contributed by atoms with Crippen molar-refractivity contribution in [3.63, 3.8) is 0 Å². The largest absolute Gasteiger partial charge is 0.397 e. The van der Waals surface area contributed by atoms with Crippen LogP contribution in [0.25, 0.3) is 0 Å². The van der Waals surface area contributed by atoms with E-state index in [-0.39, 0.29) is 12.0 Å². The van der Waals surface area contributed by atoms with Gasteiger partial charge in [-0.05, 0) is 31.9 Å². The van der Waals surface area contributed by atoms with Crippen molar-refractivity contribution in [2.45, 2.75) is 25.9 Å². The van der Waals surface area contributed by atoms with Gasteiger partial charge in [-0.25, -0.2) is 4.98 Å². The number of pyridine rings is 1. The molecule has 3 rings (SSSR count). The minimum absolute atomic E-state index is 0.147. The third kappa shape index (κ3) is 2.95. The lowest BCUT2D eigenvalue weighted by Crippen LogP contribution is -2.51. The maximum absolute atomic E-state index is 12.3. The Hall–Kier alpha value is -1.82. The number of nitrogen functional groups attached to an aromatic ring is 1. The van der Waals surface area contributed by atoms with E-state index in [0.717, 1.165) is 50.5 Å². The van der Waals surface area contributed by atoms with E-state index < -0.39 is 0 Å². The first-order chi connectivity index (χ1) is 10.1.